The lowest BCUT2D eigenvalue weighted by molar-refractivity contribution is -0.224. The molecular formula is C20H26O4. The van der Waals surface area contributed by atoms with E-state index in [1.54, 1.807) is 24.3 Å². The summed E-state index contributed by atoms with van der Waals surface area (Å²) in [6.07, 6.45) is 5.27. The third kappa shape index (κ3) is 4.56. The zero-order chi connectivity index (χ0) is 17.6. The van der Waals surface area contributed by atoms with Crippen LogP contribution in [-0.2, 0) is 14.3 Å². The summed E-state index contributed by atoms with van der Waals surface area (Å²) < 4.78 is 11.8. The van der Waals surface area contributed by atoms with E-state index in [0.29, 0.717) is 17.7 Å². The standard InChI is InChI=1S/C20H26O4/c1-4-5-13-23-20(24-15(2)3)12-11-17(18(21)14-20)19(22)16-9-7-6-8-10-16/h6-12,15,22H,4-5,13-14H2,1-3H3. The molecule has 1 aromatic carbocycles. The van der Waals surface area contributed by atoms with Crippen molar-refractivity contribution in [2.75, 3.05) is 6.61 Å². The smallest absolute Gasteiger partial charge is 0.195 e. The molecule has 0 saturated heterocycles. The molecule has 0 fully saturated rings. The number of Topliss-reactive ketones (excluding diaryl/α,β-unsaturated/α-hetero) is 1. The molecule has 1 unspecified atom stereocenters. The average Bonchev–Trinajstić information content (AvgIpc) is 2.55. The van der Waals surface area contributed by atoms with E-state index in [0.717, 1.165) is 12.8 Å². The number of carbonyl (C=O) groups is 1. The lowest BCUT2D eigenvalue weighted by Gasteiger charge is -2.34. The van der Waals surface area contributed by atoms with Crippen molar-refractivity contribution in [3.63, 3.8) is 0 Å². The molecule has 0 radical (unpaired) electrons. The van der Waals surface area contributed by atoms with Gasteiger partial charge in [0.25, 0.3) is 0 Å². The molecule has 0 spiro atoms. The molecule has 24 heavy (non-hydrogen) atoms. The summed E-state index contributed by atoms with van der Waals surface area (Å²) in [5.74, 6) is -1.24. The van der Waals surface area contributed by atoms with E-state index in [-0.39, 0.29) is 24.1 Å². The fourth-order valence-corrected chi connectivity index (χ4v) is 2.65. The van der Waals surface area contributed by atoms with Gasteiger partial charge in [0.1, 0.15) is 5.76 Å². The van der Waals surface area contributed by atoms with Crippen LogP contribution in [0.4, 0.5) is 0 Å². The molecule has 1 aliphatic rings. The van der Waals surface area contributed by atoms with Crippen LogP contribution in [0.15, 0.2) is 48.1 Å². The van der Waals surface area contributed by atoms with Gasteiger partial charge in [-0.1, -0.05) is 43.7 Å². The minimum Gasteiger partial charge on any atom is -0.507 e. The van der Waals surface area contributed by atoms with Gasteiger partial charge < -0.3 is 14.6 Å². The Morgan fingerprint density at radius 1 is 1.29 bits per heavy atom. The van der Waals surface area contributed by atoms with Crippen LogP contribution < -0.4 is 0 Å². The third-order valence-corrected chi connectivity index (χ3v) is 3.79. The lowest BCUT2D eigenvalue weighted by Crippen LogP contribution is -2.41. The molecule has 0 aliphatic heterocycles. The molecule has 0 bridgehead atoms. The SMILES string of the molecule is CCCCOC1(OC(C)C)C=CC(=C(O)c2ccccc2)C(=O)C1. The van der Waals surface area contributed by atoms with Gasteiger partial charge in [-0.05, 0) is 32.4 Å². The van der Waals surface area contributed by atoms with E-state index in [2.05, 4.69) is 6.92 Å². The summed E-state index contributed by atoms with van der Waals surface area (Å²) in [7, 11) is 0. The summed E-state index contributed by atoms with van der Waals surface area (Å²) in [6.45, 7) is 6.44. The Labute approximate surface area is 143 Å². The number of carbonyl (C=O) groups excluding carboxylic acids is 1. The molecule has 1 aliphatic carbocycles. The highest BCUT2D eigenvalue weighted by Crippen LogP contribution is 2.32. The van der Waals surface area contributed by atoms with Crippen molar-refractivity contribution in [2.24, 2.45) is 0 Å². The van der Waals surface area contributed by atoms with Gasteiger partial charge in [0.05, 0.1) is 24.7 Å². The molecular weight excluding hydrogens is 304 g/mol. The Morgan fingerprint density at radius 2 is 2.00 bits per heavy atom. The van der Waals surface area contributed by atoms with Gasteiger partial charge in [-0.25, -0.2) is 0 Å². The fourth-order valence-electron chi connectivity index (χ4n) is 2.65. The Morgan fingerprint density at radius 3 is 2.58 bits per heavy atom. The molecule has 1 atom stereocenters. The summed E-state index contributed by atoms with van der Waals surface area (Å²) in [5.41, 5.74) is 0.915. The van der Waals surface area contributed by atoms with E-state index >= 15 is 0 Å². The number of ketones is 1. The molecule has 0 amide bonds. The van der Waals surface area contributed by atoms with Gasteiger partial charge in [0.2, 0.25) is 0 Å². The Hall–Kier alpha value is -1.91. The normalized spacial score (nSPS) is 22.9. The number of unbranched alkanes of at least 4 members (excludes halogenated alkanes) is 1. The highest BCUT2D eigenvalue weighted by molar-refractivity contribution is 6.05. The Kier molecular flexibility index (Phi) is 6.35. The fraction of sp³-hybridized carbons (Fsp3) is 0.450. The number of rotatable bonds is 7. The number of aliphatic hydroxyl groups excluding tert-OH is 1. The first-order valence-corrected chi connectivity index (χ1v) is 8.50. The minimum absolute atomic E-state index is 0.0106. The van der Waals surface area contributed by atoms with E-state index in [1.807, 2.05) is 32.0 Å². The molecule has 0 aromatic heterocycles. The largest absolute Gasteiger partial charge is 0.507 e. The van der Waals surface area contributed by atoms with Crippen molar-refractivity contribution in [1.29, 1.82) is 0 Å². The van der Waals surface area contributed by atoms with Crippen molar-refractivity contribution < 1.29 is 19.4 Å². The summed E-state index contributed by atoms with van der Waals surface area (Å²) in [5, 5.41) is 10.4. The summed E-state index contributed by atoms with van der Waals surface area (Å²) in [4.78, 5) is 12.6. The quantitative estimate of drug-likeness (QED) is 0.348. The van der Waals surface area contributed by atoms with Crippen LogP contribution in [0.2, 0.25) is 0 Å². The number of ether oxygens (including phenoxy) is 2. The van der Waals surface area contributed by atoms with Crippen molar-refractivity contribution in [2.45, 2.75) is 51.9 Å². The molecule has 2 rings (SSSR count). The zero-order valence-electron chi connectivity index (χ0n) is 14.6. The van der Waals surface area contributed by atoms with E-state index in [9.17, 15) is 9.90 Å². The Balaban J connectivity index is 2.29. The van der Waals surface area contributed by atoms with Crippen molar-refractivity contribution in [1.82, 2.24) is 0 Å². The second-order valence-electron chi connectivity index (χ2n) is 6.24. The van der Waals surface area contributed by atoms with Crippen LogP contribution in [0.3, 0.4) is 0 Å². The topological polar surface area (TPSA) is 55.8 Å². The van der Waals surface area contributed by atoms with Crippen molar-refractivity contribution in [3.05, 3.63) is 53.6 Å². The molecule has 4 heteroatoms. The molecule has 0 saturated carbocycles. The van der Waals surface area contributed by atoms with Gasteiger partial charge in [-0.2, -0.15) is 0 Å². The van der Waals surface area contributed by atoms with Gasteiger partial charge in [-0.3, -0.25) is 4.79 Å². The average molecular weight is 330 g/mol. The molecule has 4 nitrogen and oxygen atoms in total. The molecule has 1 N–H and O–H groups in total. The highest BCUT2D eigenvalue weighted by atomic mass is 16.7. The number of allylic oxidation sites excluding steroid dienone is 2. The van der Waals surface area contributed by atoms with Crippen LogP contribution in [0.25, 0.3) is 5.76 Å². The monoisotopic (exact) mass is 330 g/mol. The minimum atomic E-state index is -1.04. The predicted molar refractivity (Wildman–Crippen MR) is 94.6 cm³/mol. The zero-order valence-corrected chi connectivity index (χ0v) is 14.6. The number of aliphatic hydroxyl groups is 1. The van der Waals surface area contributed by atoms with E-state index in [4.69, 9.17) is 9.47 Å². The number of benzene rings is 1. The van der Waals surface area contributed by atoms with E-state index < -0.39 is 5.79 Å². The van der Waals surface area contributed by atoms with Crippen LogP contribution in [0.1, 0.15) is 45.6 Å². The molecule has 0 heterocycles. The summed E-state index contributed by atoms with van der Waals surface area (Å²) in [6, 6.07) is 9.05. The molecule has 130 valence electrons. The lowest BCUT2D eigenvalue weighted by atomic mass is 9.92. The second kappa shape index (κ2) is 8.27. The van der Waals surface area contributed by atoms with Crippen molar-refractivity contribution in [3.8, 4) is 0 Å². The van der Waals surface area contributed by atoms with Crippen LogP contribution in [0.5, 0.6) is 0 Å². The van der Waals surface area contributed by atoms with Gasteiger partial charge in [0.15, 0.2) is 11.6 Å². The first-order valence-electron chi connectivity index (χ1n) is 8.50. The molecule has 1 aromatic rings. The Bertz CT molecular complexity index is 616. The number of hydrogen-bond donors (Lipinski definition) is 1. The predicted octanol–water partition coefficient (Wildman–Crippen LogP) is 4.42. The maximum atomic E-state index is 12.6. The van der Waals surface area contributed by atoms with Gasteiger partial charge >= 0.3 is 0 Å². The van der Waals surface area contributed by atoms with Gasteiger partial charge in [0, 0.05) is 5.56 Å². The first kappa shape index (κ1) is 18.4. The van der Waals surface area contributed by atoms with Crippen LogP contribution >= 0.6 is 0 Å². The van der Waals surface area contributed by atoms with Crippen LogP contribution in [0, 0.1) is 0 Å². The highest BCUT2D eigenvalue weighted by Gasteiger charge is 2.38. The third-order valence-electron chi connectivity index (χ3n) is 3.79. The summed E-state index contributed by atoms with van der Waals surface area (Å²) >= 11 is 0. The van der Waals surface area contributed by atoms with E-state index in [1.165, 1.54) is 0 Å². The van der Waals surface area contributed by atoms with Crippen LogP contribution in [-0.4, -0.2) is 29.4 Å². The first-order chi connectivity index (χ1) is 11.5. The maximum absolute atomic E-state index is 12.6. The number of hydrogen-bond acceptors (Lipinski definition) is 4. The second-order valence-corrected chi connectivity index (χ2v) is 6.24. The maximum Gasteiger partial charge on any atom is 0.195 e. The van der Waals surface area contributed by atoms with Crippen molar-refractivity contribution >= 4 is 11.5 Å². The van der Waals surface area contributed by atoms with Gasteiger partial charge in [-0.15, -0.1) is 0 Å².